The van der Waals surface area contributed by atoms with Crippen molar-refractivity contribution in [1.29, 1.82) is 0 Å². The Balaban J connectivity index is 2.14. The molecule has 7 nitrogen and oxygen atoms in total. The molecule has 29 heavy (non-hydrogen) atoms. The van der Waals surface area contributed by atoms with Gasteiger partial charge < -0.3 is 10.1 Å². The number of rotatable bonds is 14. The van der Waals surface area contributed by atoms with Crippen molar-refractivity contribution in [3.05, 3.63) is 24.3 Å². The monoisotopic (exact) mass is 427 g/mol. The summed E-state index contributed by atoms with van der Waals surface area (Å²) in [6.07, 6.45) is 8.06. The summed E-state index contributed by atoms with van der Waals surface area (Å²) in [6.45, 7) is 4.73. The number of carbonyl (C=O) groups is 2. The third-order valence-corrected chi connectivity index (χ3v) is 5.52. The van der Waals surface area contributed by atoms with Gasteiger partial charge >= 0.3 is 5.97 Å². The lowest BCUT2D eigenvalue weighted by Crippen LogP contribution is -2.30. The Hall–Kier alpha value is -1.93. The zero-order valence-corrected chi connectivity index (χ0v) is 18.2. The van der Waals surface area contributed by atoms with Crippen LogP contribution in [-0.4, -0.2) is 31.4 Å². The topological polar surface area (TPSA) is 110 Å². The van der Waals surface area contributed by atoms with E-state index in [9.17, 15) is 18.0 Å². The van der Waals surface area contributed by atoms with Crippen LogP contribution < -0.4 is 10.1 Å². The van der Waals surface area contributed by atoms with Gasteiger partial charge in [0.25, 0.3) is 10.1 Å². The lowest BCUT2D eigenvalue weighted by Gasteiger charge is -2.12. The van der Waals surface area contributed by atoms with E-state index in [-0.39, 0.29) is 28.9 Å². The van der Waals surface area contributed by atoms with Gasteiger partial charge in [-0.05, 0) is 43.5 Å². The lowest BCUT2D eigenvalue weighted by atomic mass is 10.0. The number of benzene rings is 1. The molecular formula is C21H33NO6S. The zero-order chi connectivity index (χ0) is 21.7. The van der Waals surface area contributed by atoms with Crippen molar-refractivity contribution in [3.63, 3.8) is 0 Å². The Morgan fingerprint density at radius 1 is 1.03 bits per heavy atom. The highest BCUT2D eigenvalue weighted by molar-refractivity contribution is 7.85. The van der Waals surface area contributed by atoms with Gasteiger partial charge in [-0.15, -0.1) is 0 Å². The highest BCUT2D eigenvalue weighted by Gasteiger charge is 2.12. The third kappa shape index (κ3) is 11.0. The van der Waals surface area contributed by atoms with E-state index in [1.165, 1.54) is 43.5 Å². The smallest absolute Gasteiger partial charge is 0.311 e. The number of esters is 1. The molecule has 1 amide bonds. The maximum absolute atomic E-state index is 12.0. The molecule has 164 valence electrons. The van der Waals surface area contributed by atoms with E-state index < -0.39 is 16.1 Å². The van der Waals surface area contributed by atoms with Crippen molar-refractivity contribution >= 4 is 22.0 Å². The summed E-state index contributed by atoms with van der Waals surface area (Å²) in [5.74, 6) is -0.0553. The van der Waals surface area contributed by atoms with E-state index in [0.29, 0.717) is 13.0 Å². The van der Waals surface area contributed by atoms with E-state index in [0.717, 1.165) is 25.7 Å². The summed E-state index contributed by atoms with van der Waals surface area (Å²) in [6, 6.07) is 4.98. The van der Waals surface area contributed by atoms with E-state index in [4.69, 9.17) is 9.29 Å². The molecule has 2 N–H and O–H groups in total. The molecule has 0 bridgehead atoms. The molecule has 0 aromatic heterocycles. The minimum atomic E-state index is -4.26. The summed E-state index contributed by atoms with van der Waals surface area (Å²) in [5, 5.41) is 2.94. The molecular weight excluding hydrogens is 394 g/mol. The van der Waals surface area contributed by atoms with Crippen LogP contribution in [0.15, 0.2) is 29.2 Å². The largest absolute Gasteiger partial charge is 0.427 e. The minimum Gasteiger partial charge on any atom is -0.427 e. The first-order valence-corrected chi connectivity index (χ1v) is 11.7. The van der Waals surface area contributed by atoms with Gasteiger partial charge in [0.2, 0.25) is 5.91 Å². The first-order chi connectivity index (χ1) is 13.7. The molecule has 1 aromatic carbocycles. The van der Waals surface area contributed by atoms with Crippen LogP contribution in [0.3, 0.4) is 0 Å². The first-order valence-electron chi connectivity index (χ1n) is 10.3. The Morgan fingerprint density at radius 2 is 1.69 bits per heavy atom. The number of ether oxygens (including phenoxy) is 1. The van der Waals surface area contributed by atoms with Crippen LogP contribution in [0.4, 0.5) is 0 Å². The summed E-state index contributed by atoms with van der Waals surface area (Å²) >= 11 is 0. The average molecular weight is 428 g/mol. The molecule has 0 heterocycles. The van der Waals surface area contributed by atoms with Crippen molar-refractivity contribution in [2.45, 2.75) is 76.5 Å². The Bertz CT molecular complexity index is 730. The number of carbonyl (C=O) groups excluding carboxylic acids is 2. The SMILES string of the molecule is CCCCCCC(C)C(=O)NCCCCCC(=O)Oc1ccc(S(=O)(=O)O)cc1. The summed E-state index contributed by atoms with van der Waals surface area (Å²) in [5.41, 5.74) is 0. The number of unbranched alkanes of at least 4 members (excludes halogenated alkanes) is 5. The van der Waals surface area contributed by atoms with E-state index in [1.807, 2.05) is 6.92 Å². The molecule has 0 aliphatic rings. The Labute approximate surface area is 174 Å². The van der Waals surface area contributed by atoms with Crippen molar-refractivity contribution in [2.75, 3.05) is 6.54 Å². The second kappa shape index (κ2) is 13.3. The minimum absolute atomic E-state index is 0.0362. The molecule has 8 heteroatoms. The zero-order valence-electron chi connectivity index (χ0n) is 17.4. The van der Waals surface area contributed by atoms with Crippen LogP contribution in [0, 0.1) is 5.92 Å². The van der Waals surface area contributed by atoms with Crippen LogP contribution in [0.2, 0.25) is 0 Å². The van der Waals surface area contributed by atoms with E-state index in [1.54, 1.807) is 0 Å². The molecule has 0 aliphatic carbocycles. The molecule has 1 atom stereocenters. The first kappa shape index (κ1) is 25.1. The summed E-state index contributed by atoms with van der Waals surface area (Å²) < 4.78 is 36.0. The van der Waals surface area contributed by atoms with E-state index >= 15 is 0 Å². The van der Waals surface area contributed by atoms with Crippen LogP contribution >= 0.6 is 0 Å². The van der Waals surface area contributed by atoms with Crippen LogP contribution in [0.1, 0.15) is 71.6 Å². The van der Waals surface area contributed by atoms with Crippen LogP contribution in [-0.2, 0) is 19.7 Å². The van der Waals surface area contributed by atoms with Gasteiger partial charge in [0.05, 0.1) is 4.90 Å². The second-order valence-electron chi connectivity index (χ2n) is 7.27. The number of hydrogen-bond donors (Lipinski definition) is 2. The third-order valence-electron chi connectivity index (χ3n) is 4.65. The van der Waals surface area contributed by atoms with Crippen molar-refractivity contribution < 1.29 is 27.3 Å². The molecule has 0 radical (unpaired) electrons. The highest BCUT2D eigenvalue weighted by Crippen LogP contribution is 2.16. The second-order valence-corrected chi connectivity index (χ2v) is 8.69. The lowest BCUT2D eigenvalue weighted by molar-refractivity contribution is -0.134. The Kier molecular flexibility index (Phi) is 11.5. The summed E-state index contributed by atoms with van der Waals surface area (Å²) in [7, 11) is -4.26. The van der Waals surface area contributed by atoms with Crippen LogP contribution in [0.25, 0.3) is 0 Å². The fourth-order valence-electron chi connectivity index (χ4n) is 2.83. The van der Waals surface area contributed by atoms with Crippen molar-refractivity contribution in [2.24, 2.45) is 5.92 Å². The molecule has 0 spiro atoms. The van der Waals surface area contributed by atoms with Crippen molar-refractivity contribution in [1.82, 2.24) is 5.32 Å². The quantitative estimate of drug-likeness (QED) is 0.200. The normalized spacial score (nSPS) is 12.4. The number of hydrogen-bond acceptors (Lipinski definition) is 5. The standard InChI is InChI=1S/C21H33NO6S/c1-3-4-5-7-10-17(2)21(24)22-16-9-6-8-11-20(23)28-18-12-14-19(15-13-18)29(25,26)27/h12-15,17H,3-11,16H2,1-2H3,(H,22,24)(H,25,26,27). The molecule has 0 aliphatic heterocycles. The van der Waals surface area contributed by atoms with Gasteiger partial charge in [-0.2, -0.15) is 8.42 Å². The van der Waals surface area contributed by atoms with Gasteiger partial charge in [-0.3, -0.25) is 14.1 Å². The van der Waals surface area contributed by atoms with Gasteiger partial charge in [-0.1, -0.05) is 46.0 Å². The van der Waals surface area contributed by atoms with Gasteiger partial charge in [0.15, 0.2) is 0 Å². The fourth-order valence-corrected chi connectivity index (χ4v) is 3.31. The predicted octanol–water partition coefficient (Wildman–Crippen LogP) is 4.12. The number of amides is 1. The van der Waals surface area contributed by atoms with E-state index in [2.05, 4.69) is 12.2 Å². The van der Waals surface area contributed by atoms with Gasteiger partial charge in [-0.25, -0.2) is 0 Å². The molecule has 0 saturated heterocycles. The molecule has 1 aromatic rings. The van der Waals surface area contributed by atoms with Gasteiger partial charge in [0, 0.05) is 18.9 Å². The Morgan fingerprint density at radius 3 is 2.31 bits per heavy atom. The molecule has 0 saturated carbocycles. The van der Waals surface area contributed by atoms with Crippen molar-refractivity contribution in [3.8, 4) is 5.75 Å². The molecule has 1 unspecified atom stereocenters. The molecule has 1 rings (SSSR count). The highest BCUT2D eigenvalue weighted by atomic mass is 32.2. The maximum Gasteiger partial charge on any atom is 0.311 e. The fraction of sp³-hybridized carbons (Fsp3) is 0.619. The maximum atomic E-state index is 12.0. The molecule has 0 fully saturated rings. The number of nitrogens with one attached hydrogen (secondary N) is 1. The summed E-state index contributed by atoms with van der Waals surface area (Å²) in [4.78, 5) is 23.6. The van der Waals surface area contributed by atoms with Crippen LogP contribution in [0.5, 0.6) is 5.75 Å². The van der Waals surface area contributed by atoms with Gasteiger partial charge in [0.1, 0.15) is 5.75 Å². The predicted molar refractivity (Wildman–Crippen MR) is 111 cm³/mol. The average Bonchev–Trinajstić information content (AvgIpc) is 2.67.